The summed E-state index contributed by atoms with van der Waals surface area (Å²) in [6.45, 7) is 12.4. The normalized spacial score (nSPS) is 15.1. The first kappa shape index (κ1) is 19.8. The van der Waals surface area contributed by atoms with Crippen LogP contribution in [0.4, 0.5) is 5.13 Å². The van der Waals surface area contributed by atoms with Crippen LogP contribution in [0.5, 0.6) is 0 Å². The first-order chi connectivity index (χ1) is 12.5. The van der Waals surface area contributed by atoms with E-state index in [0.717, 1.165) is 21.7 Å². The lowest BCUT2D eigenvalue weighted by molar-refractivity contribution is -0.114. The van der Waals surface area contributed by atoms with Crippen molar-refractivity contribution in [1.29, 1.82) is 0 Å². The molecule has 27 heavy (non-hydrogen) atoms. The van der Waals surface area contributed by atoms with Gasteiger partial charge < -0.3 is 10.2 Å². The number of hydrogen-bond donors (Lipinski definition) is 1. The Morgan fingerprint density at radius 2 is 2.04 bits per heavy atom. The Labute approximate surface area is 168 Å². The van der Waals surface area contributed by atoms with E-state index in [9.17, 15) is 9.59 Å². The molecule has 7 heteroatoms. The summed E-state index contributed by atoms with van der Waals surface area (Å²) >= 11 is 7.92. The maximum atomic E-state index is 12.9. The van der Waals surface area contributed by atoms with Gasteiger partial charge in [0.2, 0.25) is 5.91 Å². The highest BCUT2D eigenvalue weighted by Gasteiger charge is 2.37. The average molecular weight is 406 g/mol. The molecule has 0 saturated carbocycles. The number of carbonyl (C=O) groups is 2. The van der Waals surface area contributed by atoms with Crippen molar-refractivity contribution in [3.05, 3.63) is 34.0 Å². The maximum absolute atomic E-state index is 12.9. The van der Waals surface area contributed by atoms with E-state index in [2.05, 4.69) is 38.0 Å². The molecule has 1 N–H and O–H groups in total. The first-order valence-corrected chi connectivity index (χ1v) is 10.1. The molecule has 0 aliphatic carbocycles. The topological polar surface area (TPSA) is 62.3 Å². The molecule has 0 saturated heterocycles. The smallest absolute Gasteiger partial charge is 0.256 e. The molecule has 3 rings (SSSR count). The van der Waals surface area contributed by atoms with Crippen LogP contribution in [0.1, 0.15) is 56.2 Å². The minimum absolute atomic E-state index is 0.0102. The summed E-state index contributed by atoms with van der Waals surface area (Å²) in [5.41, 5.74) is 3.26. The lowest BCUT2D eigenvalue weighted by Gasteiger charge is -2.35. The van der Waals surface area contributed by atoms with E-state index < -0.39 is 0 Å². The van der Waals surface area contributed by atoms with E-state index in [1.165, 1.54) is 18.3 Å². The third kappa shape index (κ3) is 3.73. The Bertz CT molecular complexity index is 930. The van der Waals surface area contributed by atoms with Gasteiger partial charge >= 0.3 is 0 Å². The van der Waals surface area contributed by atoms with Gasteiger partial charge in [0, 0.05) is 19.5 Å². The standard InChI is InChI=1S/C20H24ClN3O2S/c1-10-17(27-19(22-10)23-12(3)25)13-7-14-9-24(11(2)20(4,5)6)18(26)16(14)15(21)8-13/h7-8,11H,9H2,1-6H3,(H,22,23,25). The Morgan fingerprint density at radius 1 is 1.37 bits per heavy atom. The van der Waals surface area contributed by atoms with Crippen LogP contribution in [0.25, 0.3) is 10.4 Å². The van der Waals surface area contributed by atoms with E-state index in [1.54, 1.807) is 0 Å². The Morgan fingerprint density at radius 3 is 2.63 bits per heavy atom. The van der Waals surface area contributed by atoms with Crippen molar-refractivity contribution in [3.63, 3.8) is 0 Å². The van der Waals surface area contributed by atoms with Crippen molar-refractivity contribution in [2.75, 3.05) is 5.32 Å². The quantitative estimate of drug-likeness (QED) is 0.770. The SMILES string of the molecule is CC(=O)Nc1nc(C)c(-c2cc(Cl)c3c(c2)CN(C(C)C(C)(C)C)C3=O)s1. The molecule has 1 aromatic heterocycles. The molecule has 144 valence electrons. The van der Waals surface area contributed by atoms with Crippen LogP contribution < -0.4 is 5.32 Å². The summed E-state index contributed by atoms with van der Waals surface area (Å²) in [7, 11) is 0. The zero-order chi connectivity index (χ0) is 20.1. The predicted molar refractivity (Wildman–Crippen MR) is 110 cm³/mol. The maximum Gasteiger partial charge on any atom is 0.256 e. The lowest BCUT2D eigenvalue weighted by atomic mass is 9.87. The van der Waals surface area contributed by atoms with Gasteiger partial charge in [-0.2, -0.15) is 0 Å². The zero-order valence-corrected chi connectivity index (χ0v) is 18.0. The molecule has 1 aromatic carbocycles. The monoisotopic (exact) mass is 405 g/mol. The number of carbonyl (C=O) groups excluding carboxylic acids is 2. The van der Waals surface area contributed by atoms with Crippen molar-refractivity contribution in [3.8, 4) is 10.4 Å². The molecule has 5 nitrogen and oxygen atoms in total. The zero-order valence-electron chi connectivity index (χ0n) is 16.4. The van der Waals surface area contributed by atoms with Gasteiger partial charge in [-0.1, -0.05) is 43.7 Å². The van der Waals surface area contributed by atoms with Gasteiger partial charge in [-0.25, -0.2) is 4.98 Å². The molecule has 2 amide bonds. The van der Waals surface area contributed by atoms with Gasteiger partial charge in [0.15, 0.2) is 5.13 Å². The highest BCUT2D eigenvalue weighted by atomic mass is 35.5. The second-order valence-electron chi connectivity index (χ2n) is 8.08. The van der Waals surface area contributed by atoms with E-state index in [4.69, 9.17) is 11.6 Å². The molecule has 1 aliphatic rings. The van der Waals surface area contributed by atoms with Gasteiger partial charge in [-0.3, -0.25) is 9.59 Å². The summed E-state index contributed by atoms with van der Waals surface area (Å²) in [6, 6.07) is 3.93. The van der Waals surface area contributed by atoms with E-state index in [1.807, 2.05) is 24.0 Å². The number of anilines is 1. The predicted octanol–water partition coefficient (Wildman–Crippen LogP) is 5.12. The van der Waals surface area contributed by atoms with Crippen molar-refractivity contribution < 1.29 is 9.59 Å². The molecule has 0 fully saturated rings. The molecular weight excluding hydrogens is 382 g/mol. The molecule has 2 aromatic rings. The number of halogens is 1. The Kier molecular flexibility index (Phi) is 5.08. The van der Waals surface area contributed by atoms with Gasteiger partial charge in [0.05, 0.1) is 21.2 Å². The molecular formula is C20H24ClN3O2S. The molecule has 0 spiro atoms. The number of nitrogens with one attached hydrogen (secondary N) is 1. The van der Waals surface area contributed by atoms with Crippen LogP contribution in [0.2, 0.25) is 5.02 Å². The fourth-order valence-corrected chi connectivity index (χ4v) is 4.53. The molecule has 1 aliphatic heterocycles. The first-order valence-electron chi connectivity index (χ1n) is 8.88. The van der Waals surface area contributed by atoms with Crippen molar-refractivity contribution in [1.82, 2.24) is 9.88 Å². The Balaban J connectivity index is 1.99. The van der Waals surface area contributed by atoms with E-state index >= 15 is 0 Å². The molecule has 0 radical (unpaired) electrons. The number of nitrogens with zero attached hydrogens (tertiary/aromatic N) is 2. The summed E-state index contributed by atoms with van der Waals surface area (Å²) in [5.74, 6) is -0.163. The summed E-state index contributed by atoms with van der Waals surface area (Å²) in [4.78, 5) is 31.5. The highest BCUT2D eigenvalue weighted by Crippen LogP contribution is 2.40. The molecule has 1 atom stereocenters. The van der Waals surface area contributed by atoms with Crippen molar-refractivity contribution in [2.24, 2.45) is 5.41 Å². The van der Waals surface area contributed by atoms with Gasteiger partial charge in [0.25, 0.3) is 5.91 Å². The average Bonchev–Trinajstić information content (AvgIpc) is 3.05. The largest absolute Gasteiger partial charge is 0.331 e. The number of aryl methyl sites for hydroxylation is 1. The third-order valence-corrected chi connectivity index (χ3v) is 6.47. The fraction of sp³-hybridized carbons (Fsp3) is 0.450. The van der Waals surface area contributed by atoms with Crippen LogP contribution >= 0.6 is 22.9 Å². The number of amides is 2. The second kappa shape index (κ2) is 6.91. The van der Waals surface area contributed by atoms with Crippen LogP contribution in [0.3, 0.4) is 0 Å². The number of fused-ring (bicyclic) bond motifs is 1. The van der Waals surface area contributed by atoms with Crippen molar-refractivity contribution >= 4 is 39.9 Å². The molecule has 0 bridgehead atoms. The minimum Gasteiger partial charge on any atom is -0.331 e. The summed E-state index contributed by atoms with van der Waals surface area (Å²) in [6.07, 6.45) is 0. The van der Waals surface area contributed by atoms with E-state index in [0.29, 0.717) is 22.3 Å². The molecule has 1 unspecified atom stereocenters. The number of rotatable bonds is 3. The Hall–Kier alpha value is -1.92. The van der Waals surface area contributed by atoms with Crippen LogP contribution in [-0.2, 0) is 11.3 Å². The molecule has 2 heterocycles. The number of thiazole rings is 1. The summed E-state index contributed by atoms with van der Waals surface area (Å²) in [5, 5.41) is 3.75. The number of benzene rings is 1. The third-order valence-electron chi connectivity index (χ3n) is 5.05. The number of hydrogen-bond acceptors (Lipinski definition) is 4. The highest BCUT2D eigenvalue weighted by molar-refractivity contribution is 7.19. The van der Waals surface area contributed by atoms with Crippen LogP contribution in [0.15, 0.2) is 12.1 Å². The van der Waals surface area contributed by atoms with Crippen LogP contribution in [0, 0.1) is 12.3 Å². The van der Waals surface area contributed by atoms with Crippen LogP contribution in [-0.4, -0.2) is 27.7 Å². The number of aromatic nitrogens is 1. The van der Waals surface area contributed by atoms with Crippen molar-refractivity contribution in [2.45, 2.75) is 54.1 Å². The van der Waals surface area contributed by atoms with Gasteiger partial charge in [-0.05, 0) is 42.5 Å². The summed E-state index contributed by atoms with van der Waals surface area (Å²) < 4.78 is 0. The minimum atomic E-state index is -0.153. The second-order valence-corrected chi connectivity index (χ2v) is 9.49. The fourth-order valence-electron chi connectivity index (χ4n) is 3.21. The van der Waals surface area contributed by atoms with Gasteiger partial charge in [0.1, 0.15) is 0 Å². The van der Waals surface area contributed by atoms with E-state index in [-0.39, 0.29) is 23.3 Å². The lowest BCUT2D eigenvalue weighted by Crippen LogP contribution is -2.41. The van der Waals surface area contributed by atoms with Gasteiger partial charge in [-0.15, -0.1) is 0 Å².